The number of carbonyl (C=O) groups is 2. The zero-order chi connectivity index (χ0) is 22.1. The third-order valence-electron chi connectivity index (χ3n) is 4.62. The predicted octanol–water partition coefficient (Wildman–Crippen LogP) is 4.35. The van der Waals surface area contributed by atoms with Crippen molar-refractivity contribution in [2.75, 3.05) is 17.4 Å². The van der Waals surface area contributed by atoms with Crippen LogP contribution in [0.4, 0.5) is 24.5 Å². The third-order valence-corrected chi connectivity index (χ3v) is 4.87. The molecule has 2 unspecified atom stereocenters. The number of hydrogen-bond acceptors (Lipinski definition) is 5. The summed E-state index contributed by atoms with van der Waals surface area (Å²) in [5.41, 5.74) is -0.0894. The molecule has 30 heavy (non-hydrogen) atoms. The van der Waals surface area contributed by atoms with Crippen molar-refractivity contribution in [3.8, 4) is 0 Å². The maximum Gasteiger partial charge on any atom is 0.416 e. The Hall–Kier alpha value is -3.07. The van der Waals surface area contributed by atoms with Crippen LogP contribution in [0.15, 0.2) is 53.6 Å². The number of nitrogens with one attached hydrogen (secondary N) is 1. The zero-order valence-electron chi connectivity index (χ0n) is 15.9. The number of hydrogen-bond donors (Lipinski definition) is 1. The zero-order valence-corrected chi connectivity index (χ0v) is 16.7. The van der Waals surface area contributed by atoms with Crippen LogP contribution in [0.25, 0.3) is 0 Å². The topological polar surface area (TPSA) is 71.0 Å². The van der Waals surface area contributed by atoms with Gasteiger partial charge in [0.2, 0.25) is 0 Å². The van der Waals surface area contributed by atoms with Crippen LogP contribution in [0.2, 0.25) is 5.02 Å². The number of ether oxygens (including phenoxy) is 1. The molecule has 0 saturated heterocycles. The van der Waals surface area contributed by atoms with Crippen molar-refractivity contribution in [3.63, 3.8) is 0 Å². The van der Waals surface area contributed by atoms with Crippen LogP contribution in [0.3, 0.4) is 0 Å². The first-order chi connectivity index (χ1) is 14.1. The molecule has 0 aliphatic carbocycles. The summed E-state index contributed by atoms with van der Waals surface area (Å²) in [6.45, 7) is 1.64. The lowest BCUT2D eigenvalue weighted by Gasteiger charge is -2.23. The molecule has 158 valence electrons. The molecule has 0 bridgehead atoms. The molecule has 1 amide bonds. The molecule has 3 rings (SSSR count). The van der Waals surface area contributed by atoms with Crippen molar-refractivity contribution in [2.24, 2.45) is 11.0 Å². The Kier molecular flexibility index (Phi) is 6.02. The Labute approximate surface area is 175 Å². The first-order valence-electron chi connectivity index (χ1n) is 8.81. The van der Waals surface area contributed by atoms with Crippen LogP contribution in [0.5, 0.6) is 0 Å². The van der Waals surface area contributed by atoms with Gasteiger partial charge >= 0.3 is 12.1 Å². The van der Waals surface area contributed by atoms with Crippen LogP contribution < -0.4 is 10.3 Å². The molecule has 0 aromatic heterocycles. The molecule has 0 spiro atoms. The Balaban J connectivity index is 1.86. The van der Waals surface area contributed by atoms with Crippen LogP contribution in [-0.2, 0) is 20.5 Å². The summed E-state index contributed by atoms with van der Waals surface area (Å²) in [5, 5.41) is 8.66. The van der Waals surface area contributed by atoms with Gasteiger partial charge in [0.25, 0.3) is 5.91 Å². The first kappa shape index (κ1) is 21.6. The SMILES string of the molecule is COC(=O)C1C(C)C(C(=O)Nc2ccc(C(F)(F)F)cc2)=NN1c1ccc(Cl)cc1. The summed E-state index contributed by atoms with van der Waals surface area (Å²) in [7, 11) is 1.23. The van der Waals surface area contributed by atoms with Crippen LogP contribution >= 0.6 is 11.6 Å². The standard InChI is InChI=1S/C20H17ClF3N3O3/c1-11-16(18(28)25-14-7-3-12(4-8-14)20(22,23)24)26-27(17(11)19(29)30-2)15-9-5-13(21)6-10-15/h3-11,17H,1-2H3,(H,25,28). The lowest BCUT2D eigenvalue weighted by molar-refractivity contribution is -0.142. The van der Waals surface area contributed by atoms with E-state index in [9.17, 15) is 22.8 Å². The maximum atomic E-state index is 12.7. The number of halogens is 4. The smallest absolute Gasteiger partial charge is 0.416 e. The van der Waals surface area contributed by atoms with Crippen molar-refractivity contribution in [1.82, 2.24) is 0 Å². The van der Waals surface area contributed by atoms with Gasteiger partial charge in [-0.3, -0.25) is 9.80 Å². The number of hydrazone groups is 1. The Morgan fingerprint density at radius 3 is 2.23 bits per heavy atom. The van der Waals surface area contributed by atoms with Gasteiger partial charge in [0, 0.05) is 16.6 Å². The van der Waals surface area contributed by atoms with E-state index < -0.39 is 35.6 Å². The summed E-state index contributed by atoms with van der Waals surface area (Å²) in [4.78, 5) is 25.1. The second-order valence-corrected chi connectivity index (χ2v) is 7.03. The van der Waals surface area contributed by atoms with Crippen molar-refractivity contribution >= 4 is 40.6 Å². The Morgan fingerprint density at radius 1 is 1.10 bits per heavy atom. The summed E-state index contributed by atoms with van der Waals surface area (Å²) in [5.74, 6) is -1.85. The van der Waals surface area contributed by atoms with E-state index in [1.807, 2.05) is 0 Å². The van der Waals surface area contributed by atoms with E-state index >= 15 is 0 Å². The van der Waals surface area contributed by atoms with Gasteiger partial charge in [0.05, 0.1) is 18.4 Å². The number of rotatable bonds is 4. The number of anilines is 2. The van der Waals surface area contributed by atoms with Gasteiger partial charge in [-0.2, -0.15) is 18.3 Å². The molecule has 2 aromatic carbocycles. The van der Waals surface area contributed by atoms with E-state index in [1.165, 1.54) is 12.1 Å². The number of benzene rings is 2. The monoisotopic (exact) mass is 439 g/mol. The quantitative estimate of drug-likeness (QED) is 0.719. The second kappa shape index (κ2) is 8.35. The molecule has 0 saturated carbocycles. The van der Waals surface area contributed by atoms with E-state index in [1.54, 1.807) is 31.2 Å². The third kappa shape index (κ3) is 4.40. The fourth-order valence-corrected chi connectivity index (χ4v) is 3.18. The minimum absolute atomic E-state index is 0.0419. The van der Waals surface area contributed by atoms with Gasteiger partial charge in [0.15, 0.2) is 6.04 Å². The molecular weight excluding hydrogens is 423 g/mol. The molecule has 0 fully saturated rings. The second-order valence-electron chi connectivity index (χ2n) is 6.59. The van der Waals surface area contributed by atoms with Gasteiger partial charge in [-0.1, -0.05) is 18.5 Å². The Morgan fingerprint density at radius 2 is 1.70 bits per heavy atom. The largest absolute Gasteiger partial charge is 0.467 e. The molecule has 2 aromatic rings. The van der Waals surface area contributed by atoms with Gasteiger partial charge in [-0.25, -0.2) is 4.79 Å². The lowest BCUT2D eigenvalue weighted by Crippen LogP contribution is -2.41. The van der Waals surface area contributed by atoms with Crippen LogP contribution in [-0.4, -0.2) is 30.7 Å². The number of alkyl halides is 3. The van der Waals surface area contributed by atoms with Crippen molar-refractivity contribution in [3.05, 3.63) is 59.1 Å². The minimum Gasteiger partial charge on any atom is -0.467 e. The highest BCUT2D eigenvalue weighted by atomic mass is 35.5. The van der Waals surface area contributed by atoms with E-state index in [2.05, 4.69) is 10.4 Å². The van der Waals surface area contributed by atoms with Crippen molar-refractivity contribution in [2.45, 2.75) is 19.1 Å². The predicted molar refractivity (Wildman–Crippen MR) is 106 cm³/mol. The molecule has 1 aliphatic heterocycles. The van der Waals surface area contributed by atoms with Gasteiger partial charge in [-0.05, 0) is 48.5 Å². The van der Waals surface area contributed by atoms with Crippen LogP contribution in [0.1, 0.15) is 12.5 Å². The van der Waals surface area contributed by atoms with Gasteiger partial charge < -0.3 is 10.1 Å². The summed E-state index contributed by atoms with van der Waals surface area (Å²) < 4.78 is 42.9. The summed E-state index contributed by atoms with van der Waals surface area (Å²) in [6.07, 6.45) is -4.47. The fraction of sp³-hybridized carbons (Fsp3) is 0.250. The first-order valence-corrected chi connectivity index (χ1v) is 9.19. The van der Waals surface area contributed by atoms with E-state index in [0.717, 1.165) is 24.3 Å². The Bertz CT molecular complexity index is 976. The van der Waals surface area contributed by atoms with Crippen molar-refractivity contribution in [1.29, 1.82) is 0 Å². The number of esters is 1. The van der Waals surface area contributed by atoms with Gasteiger partial charge in [0.1, 0.15) is 5.71 Å². The highest BCUT2D eigenvalue weighted by Gasteiger charge is 2.43. The average Bonchev–Trinajstić information content (AvgIpc) is 3.05. The highest BCUT2D eigenvalue weighted by Crippen LogP contribution is 2.32. The fourth-order valence-electron chi connectivity index (χ4n) is 3.06. The number of carbonyl (C=O) groups excluding carboxylic acids is 2. The van der Waals surface area contributed by atoms with Gasteiger partial charge in [-0.15, -0.1) is 0 Å². The molecule has 0 radical (unpaired) electrons. The van der Waals surface area contributed by atoms with E-state index in [0.29, 0.717) is 10.7 Å². The summed E-state index contributed by atoms with van der Waals surface area (Å²) in [6, 6.07) is 9.67. The number of nitrogens with zero attached hydrogens (tertiary/aromatic N) is 2. The summed E-state index contributed by atoms with van der Waals surface area (Å²) >= 11 is 5.90. The highest BCUT2D eigenvalue weighted by molar-refractivity contribution is 6.45. The average molecular weight is 440 g/mol. The molecular formula is C20H17ClF3N3O3. The van der Waals surface area contributed by atoms with Crippen LogP contribution in [0, 0.1) is 5.92 Å². The maximum absolute atomic E-state index is 12.7. The number of methoxy groups -OCH3 is 1. The minimum atomic E-state index is -4.47. The molecule has 1 aliphatic rings. The molecule has 1 N–H and O–H groups in total. The molecule has 1 heterocycles. The van der Waals surface area contributed by atoms with E-state index in [4.69, 9.17) is 16.3 Å². The molecule has 6 nitrogen and oxygen atoms in total. The lowest BCUT2D eigenvalue weighted by atomic mass is 9.96. The number of amides is 1. The van der Waals surface area contributed by atoms with Crippen molar-refractivity contribution < 1.29 is 27.5 Å². The molecule has 2 atom stereocenters. The molecule has 10 heteroatoms. The van der Waals surface area contributed by atoms with E-state index in [-0.39, 0.29) is 11.4 Å². The normalized spacial score (nSPS) is 18.7.